The van der Waals surface area contributed by atoms with Crippen LogP contribution in [0.5, 0.6) is 5.75 Å². The summed E-state index contributed by atoms with van der Waals surface area (Å²) in [5.74, 6) is 0.145. The van der Waals surface area contributed by atoms with E-state index in [1.807, 2.05) is 0 Å². The standard InChI is InChI=1S/C17H18ClFN2O2/c1-23-14-6-7-15(17(22,9-20)11-3-4-11)21-16(14)10-2-5-13(19)12(18)8-10/h2,5-8,11,22H,3-4,9,20H2,1H3. The van der Waals surface area contributed by atoms with Gasteiger partial charge in [-0.15, -0.1) is 0 Å². The Bertz CT molecular complexity index is 737. The minimum atomic E-state index is -1.15. The van der Waals surface area contributed by atoms with Crippen molar-refractivity contribution in [2.75, 3.05) is 13.7 Å². The zero-order valence-corrected chi connectivity index (χ0v) is 13.5. The van der Waals surface area contributed by atoms with E-state index in [1.165, 1.54) is 19.2 Å². The van der Waals surface area contributed by atoms with Gasteiger partial charge in [0.2, 0.25) is 0 Å². The maximum absolute atomic E-state index is 13.4. The van der Waals surface area contributed by atoms with Crippen LogP contribution in [0.3, 0.4) is 0 Å². The molecule has 1 saturated carbocycles. The Labute approximate surface area is 139 Å². The Morgan fingerprint density at radius 2 is 2.13 bits per heavy atom. The first-order valence-electron chi connectivity index (χ1n) is 7.43. The maximum Gasteiger partial charge on any atom is 0.145 e. The molecular formula is C17H18ClFN2O2. The molecule has 3 rings (SSSR count). The van der Waals surface area contributed by atoms with E-state index in [9.17, 15) is 9.50 Å². The molecule has 1 fully saturated rings. The molecule has 4 nitrogen and oxygen atoms in total. The van der Waals surface area contributed by atoms with Crippen molar-refractivity contribution in [1.82, 2.24) is 4.98 Å². The van der Waals surface area contributed by atoms with Crippen LogP contribution in [0.2, 0.25) is 5.02 Å². The molecule has 0 aliphatic heterocycles. The van der Waals surface area contributed by atoms with Gasteiger partial charge in [-0.3, -0.25) is 0 Å². The van der Waals surface area contributed by atoms with Crippen molar-refractivity contribution >= 4 is 11.6 Å². The van der Waals surface area contributed by atoms with Gasteiger partial charge in [-0.05, 0) is 49.1 Å². The van der Waals surface area contributed by atoms with Gasteiger partial charge in [0.15, 0.2) is 0 Å². The number of ether oxygens (including phenoxy) is 1. The summed E-state index contributed by atoms with van der Waals surface area (Å²) in [5.41, 5.74) is 6.26. The number of halogens is 2. The Hall–Kier alpha value is -1.69. The Balaban J connectivity index is 2.11. The molecule has 1 aliphatic rings. The molecule has 0 amide bonds. The van der Waals surface area contributed by atoms with Gasteiger partial charge in [-0.2, -0.15) is 0 Å². The number of aromatic nitrogens is 1. The first-order chi connectivity index (χ1) is 11.0. The highest BCUT2D eigenvalue weighted by atomic mass is 35.5. The quantitative estimate of drug-likeness (QED) is 0.880. The molecule has 1 atom stereocenters. The van der Waals surface area contributed by atoms with E-state index >= 15 is 0 Å². The summed E-state index contributed by atoms with van der Waals surface area (Å²) in [7, 11) is 1.53. The molecule has 3 N–H and O–H groups in total. The number of nitrogens with zero attached hydrogens (tertiary/aromatic N) is 1. The van der Waals surface area contributed by atoms with Crippen LogP contribution in [0.25, 0.3) is 11.3 Å². The summed E-state index contributed by atoms with van der Waals surface area (Å²) in [5, 5.41) is 10.9. The molecule has 0 spiro atoms. The number of pyridine rings is 1. The summed E-state index contributed by atoms with van der Waals surface area (Å²) < 4.78 is 18.7. The van der Waals surface area contributed by atoms with Crippen LogP contribution in [0.15, 0.2) is 30.3 Å². The van der Waals surface area contributed by atoms with Crippen molar-refractivity contribution in [2.45, 2.75) is 18.4 Å². The van der Waals surface area contributed by atoms with Gasteiger partial charge < -0.3 is 15.6 Å². The normalized spacial score (nSPS) is 16.9. The third kappa shape index (κ3) is 2.92. The summed E-state index contributed by atoms with van der Waals surface area (Å²) in [4.78, 5) is 4.55. The predicted octanol–water partition coefficient (Wildman–Crippen LogP) is 3.11. The number of benzene rings is 1. The van der Waals surface area contributed by atoms with Crippen LogP contribution < -0.4 is 10.5 Å². The van der Waals surface area contributed by atoms with Crippen molar-refractivity contribution < 1.29 is 14.2 Å². The van der Waals surface area contributed by atoms with Gasteiger partial charge in [0.1, 0.15) is 22.9 Å². The average molecular weight is 337 g/mol. The largest absolute Gasteiger partial charge is 0.494 e. The topological polar surface area (TPSA) is 68.4 Å². The Morgan fingerprint density at radius 1 is 1.39 bits per heavy atom. The van der Waals surface area contributed by atoms with Crippen LogP contribution in [0, 0.1) is 11.7 Å². The van der Waals surface area contributed by atoms with Crippen molar-refractivity contribution in [3.63, 3.8) is 0 Å². The fourth-order valence-electron chi connectivity index (χ4n) is 2.74. The third-order valence-electron chi connectivity index (χ3n) is 4.28. The lowest BCUT2D eigenvalue weighted by Gasteiger charge is -2.26. The lowest BCUT2D eigenvalue weighted by molar-refractivity contribution is 0.0179. The molecule has 1 aliphatic carbocycles. The SMILES string of the molecule is COc1ccc(C(O)(CN)C2CC2)nc1-c1ccc(F)c(Cl)c1. The second-order valence-electron chi connectivity index (χ2n) is 5.78. The van der Waals surface area contributed by atoms with E-state index in [-0.39, 0.29) is 17.5 Å². The number of rotatable bonds is 5. The summed E-state index contributed by atoms with van der Waals surface area (Å²) in [6.45, 7) is 0.0978. The van der Waals surface area contributed by atoms with Crippen LogP contribution in [0.1, 0.15) is 18.5 Å². The first-order valence-corrected chi connectivity index (χ1v) is 7.80. The molecule has 0 radical (unpaired) electrons. The highest BCUT2D eigenvalue weighted by Crippen LogP contribution is 2.45. The molecule has 6 heteroatoms. The van der Waals surface area contributed by atoms with Crippen molar-refractivity contribution in [3.8, 4) is 17.0 Å². The third-order valence-corrected chi connectivity index (χ3v) is 4.57. The molecule has 1 aromatic carbocycles. The maximum atomic E-state index is 13.4. The van der Waals surface area contributed by atoms with E-state index in [0.717, 1.165) is 12.8 Å². The van der Waals surface area contributed by atoms with Crippen LogP contribution in [-0.4, -0.2) is 23.7 Å². The van der Waals surface area contributed by atoms with Crippen LogP contribution in [0.4, 0.5) is 4.39 Å². The predicted molar refractivity (Wildman–Crippen MR) is 86.9 cm³/mol. The lowest BCUT2D eigenvalue weighted by atomic mass is 9.92. The van der Waals surface area contributed by atoms with Crippen molar-refractivity contribution in [3.05, 3.63) is 46.9 Å². The van der Waals surface area contributed by atoms with Gasteiger partial charge in [0.05, 0.1) is 17.8 Å². The van der Waals surface area contributed by atoms with E-state index < -0.39 is 11.4 Å². The number of hydrogen-bond donors (Lipinski definition) is 2. The van der Waals surface area contributed by atoms with Crippen LogP contribution >= 0.6 is 11.6 Å². The van der Waals surface area contributed by atoms with Crippen molar-refractivity contribution in [1.29, 1.82) is 0 Å². The monoisotopic (exact) mass is 336 g/mol. The molecule has 0 saturated heterocycles. The highest BCUT2D eigenvalue weighted by Gasteiger charge is 2.45. The second-order valence-corrected chi connectivity index (χ2v) is 6.19. The van der Waals surface area contributed by atoms with Gasteiger partial charge in [-0.1, -0.05) is 11.6 Å². The van der Waals surface area contributed by atoms with E-state index in [0.29, 0.717) is 22.7 Å². The fraction of sp³-hybridized carbons (Fsp3) is 0.353. The molecule has 122 valence electrons. The molecule has 0 bridgehead atoms. The number of hydrogen-bond acceptors (Lipinski definition) is 4. The first kappa shape index (κ1) is 16.2. The van der Waals surface area contributed by atoms with Crippen LogP contribution in [-0.2, 0) is 5.60 Å². The Kier molecular flexibility index (Phi) is 4.27. The summed E-state index contributed by atoms with van der Waals surface area (Å²) >= 11 is 5.86. The van der Waals surface area contributed by atoms with E-state index in [2.05, 4.69) is 4.98 Å². The Morgan fingerprint density at radius 3 is 2.70 bits per heavy atom. The summed E-state index contributed by atoms with van der Waals surface area (Å²) in [6, 6.07) is 7.80. The number of methoxy groups -OCH3 is 1. The van der Waals surface area contributed by atoms with E-state index in [4.69, 9.17) is 22.1 Å². The minimum Gasteiger partial charge on any atom is -0.494 e. The smallest absolute Gasteiger partial charge is 0.145 e. The lowest BCUT2D eigenvalue weighted by Crippen LogP contribution is -2.38. The molecule has 1 unspecified atom stereocenters. The zero-order valence-electron chi connectivity index (χ0n) is 12.7. The molecule has 23 heavy (non-hydrogen) atoms. The fourth-order valence-corrected chi connectivity index (χ4v) is 2.92. The molecule has 1 heterocycles. The summed E-state index contributed by atoms with van der Waals surface area (Å²) in [6.07, 6.45) is 1.86. The second kappa shape index (κ2) is 6.07. The van der Waals surface area contributed by atoms with Gasteiger partial charge in [0.25, 0.3) is 0 Å². The number of aliphatic hydroxyl groups is 1. The minimum absolute atomic E-state index is 0.00744. The molecular weight excluding hydrogens is 319 g/mol. The average Bonchev–Trinajstić information content (AvgIpc) is 3.41. The van der Waals surface area contributed by atoms with E-state index in [1.54, 1.807) is 18.2 Å². The van der Waals surface area contributed by atoms with Gasteiger partial charge >= 0.3 is 0 Å². The van der Waals surface area contributed by atoms with Crippen molar-refractivity contribution in [2.24, 2.45) is 11.7 Å². The van der Waals surface area contributed by atoms with Gasteiger partial charge in [-0.25, -0.2) is 9.37 Å². The highest BCUT2D eigenvalue weighted by molar-refractivity contribution is 6.31. The molecule has 1 aromatic heterocycles. The van der Waals surface area contributed by atoms with Gasteiger partial charge in [0, 0.05) is 12.1 Å². The molecule has 2 aromatic rings. The number of nitrogens with two attached hydrogens (primary N) is 1. The zero-order chi connectivity index (χ0) is 16.6.